The van der Waals surface area contributed by atoms with Crippen LogP contribution >= 0.6 is 0 Å². The van der Waals surface area contributed by atoms with Gasteiger partial charge in [0, 0.05) is 39.3 Å². The van der Waals surface area contributed by atoms with Crippen molar-refractivity contribution >= 4 is 0 Å². The van der Waals surface area contributed by atoms with Crippen molar-refractivity contribution in [3.8, 4) is 0 Å². The van der Waals surface area contributed by atoms with Crippen LogP contribution in [0.15, 0.2) is 30.3 Å². The predicted molar refractivity (Wildman–Crippen MR) is 90.4 cm³/mol. The Morgan fingerprint density at radius 2 is 1.91 bits per heavy atom. The first-order valence-electron chi connectivity index (χ1n) is 9.12. The molecule has 3 aliphatic heterocycles. The second-order valence-corrected chi connectivity index (χ2v) is 7.14. The molecule has 0 N–H and O–H groups in total. The van der Waals surface area contributed by atoms with E-state index in [4.69, 9.17) is 9.47 Å². The number of fused-ring (bicyclic) bond motifs is 1. The molecular formula is C19H28N2O2. The summed E-state index contributed by atoms with van der Waals surface area (Å²) in [5, 5.41) is 0. The van der Waals surface area contributed by atoms with Crippen LogP contribution in [-0.2, 0) is 16.0 Å². The lowest BCUT2D eigenvalue weighted by atomic mass is 10.1. The van der Waals surface area contributed by atoms with E-state index in [9.17, 15) is 0 Å². The summed E-state index contributed by atoms with van der Waals surface area (Å²) >= 11 is 0. The van der Waals surface area contributed by atoms with Gasteiger partial charge in [-0.25, -0.2) is 0 Å². The summed E-state index contributed by atoms with van der Waals surface area (Å²) in [6.07, 6.45) is 4.58. The van der Waals surface area contributed by atoms with Crippen LogP contribution in [-0.4, -0.2) is 67.4 Å². The van der Waals surface area contributed by atoms with Crippen LogP contribution in [0.25, 0.3) is 0 Å². The van der Waals surface area contributed by atoms with Gasteiger partial charge in [-0.05, 0) is 24.8 Å². The molecule has 0 spiro atoms. The Morgan fingerprint density at radius 1 is 1.00 bits per heavy atom. The monoisotopic (exact) mass is 316 g/mol. The Morgan fingerprint density at radius 3 is 2.74 bits per heavy atom. The molecule has 0 aromatic heterocycles. The molecule has 0 bridgehead atoms. The Labute approximate surface area is 139 Å². The number of hydrogen-bond donors (Lipinski definition) is 0. The molecule has 0 unspecified atom stereocenters. The average Bonchev–Trinajstić information content (AvgIpc) is 3.00. The molecule has 0 saturated carbocycles. The number of nitrogens with zero attached hydrogens (tertiary/aromatic N) is 2. The summed E-state index contributed by atoms with van der Waals surface area (Å²) in [6, 6.07) is 11.4. The number of rotatable bonds is 4. The third kappa shape index (κ3) is 3.77. The van der Waals surface area contributed by atoms with Gasteiger partial charge in [0.2, 0.25) is 0 Å². The average molecular weight is 316 g/mol. The topological polar surface area (TPSA) is 24.9 Å². The highest BCUT2D eigenvalue weighted by Gasteiger charge is 2.40. The van der Waals surface area contributed by atoms with Crippen molar-refractivity contribution in [1.29, 1.82) is 0 Å². The number of likely N-dealkylation sites (tertiary alicyclic amines) is 1. The van der Waals surface area contributed by atoms with Gasteiger partial charge in [0.25, 0.3) is 0 Å². The minimum absolute atomic E-state index is 0.371. The molecule has 1 aromatic rings. The highest BCUT2D eigenvalue weighted by atomic mass is 16.5. The van der Waals surface area contributed by atoms with Crippen molar-refractivity contribution in [2.75, 3.05) is 39.4 Å². The standard InChI is InChI=1S/C19H28N2O2/c1-2-6-16(7-3-1)12-21-9-11-23-19-15-20(14-18(19)21)13-17-8-4-5-10-22-17/h1-3,6-7,17-19H,4-5,8-15H2/t17-,18-,19-/m1/s1. The zero-order chi connectivity index (χ0) is 15.5. The molecule has 23 heavy (non-hydrogen) atoms. The van der Waals surface area contributed by atoms with E-state index in [2.05, 4.69) is 40.1 Å². The Hall–Kier alpha value is -0.940. The minimum Gasteiger partial charge on any atom is -0.377 e. The maximum Gasteiger partial charge on any atom is 0.0870 e. The number of hydrogen-bond acceptors (Lipinski definition) is 4. The van der Waals surface area contributed by atoms with Crippen LogP contribution in [0.3, 0.4) is 0 Å². The quantitative estimate of drug-likeness (QED) is 0.850. The largest absolute Gasteiger partial charge is 0.377 e. The molecule has 4 heteroatoms. The molecule has 126 valence electrons. The van der Waals surface area contributed by atoms with Gasteiger partial charge in [-0.2, -0.15) is 0 Å². The lowest BCUT2D eigenvalue weighted by Gasteiger charge is -2.37. The van der Waals surface area contributed by atoms with Gasteiger partial charge in [-0.15, -0.1) is 0 Å². The van der Waals surface area contributed by atoms with E-state index in [-0.39, 0.29) is 0 Å². The SMILES string of the molecule is c1ccc(CN2CCO[C@@H]3CN(C[C@H]4CCCCO4)C[C@H]32)cc1. The highest BCUT2D eigenvalue weighted by molar-refractivity contribution is 5.15. The van der Waals surface area contributed by atoms with Gasteiger partial charge in [-0.1, -0.05) is 30.3 Å². The zero-order valence-corrected chi connectivity index (χ0v) is 13.9. The fourth-order valence-electron chi connectivity index (χ4n) is 4.24. The summed E-state index contributed by atoms with van der Waals surface area (Å²) in [5.74, 6) is 0. The Balaban J connectivity index is 1.36. The van der Waals surface area contributed by atoms with Gasteiger partial charge in [-0.3, -0.25) is 9.80 Å². The number of morpholine rings is 1. The van der Waals surface area contributed by atoms with Crippen LogP contribution < -0.4 is 0 Å². The predicted octanol–water partition coefficient (Wildman–Crippen LogP) is 2.14. The van der Waals surface area contributed by atoms with Gasteiger partial charge >= 0.3 is 0 Å². The third-order valence-corrected chi connectivity index (χ3v) is 5.46. The van der Waals surface area contributed by atoms with Crippen molar-refractivity contribution in [3.05, 3.63) is 35.9 Å². The zero-order valence-electron chi connectivity index (χ0n) is 13.9. The first-order valence-corrected chi connectivity index (χ1v) is 9.12. The van der Waals surface area contributed by atoms with E-state index in [1.54, 1.807) is 0 Å². The van der Waals surface area contributed by atoms with E-state index < -0.39 is 0 Å². The third-order valence-electron chi connectivity index (χ3n) is 5.46. The van der Waals surface area contributed by atoms with Gasteiger partial charge in [0.15, 0.2) is 0 Å². The van der Waals surface area contributed by atoms with Crippen LogP contribution in [0.1, 0.15) is 24.8 Å². The Bertz CT molecular complexity index is 489. The summed E-state index contributed by atoms with van der Waals surface area (Å²) in [5.41, 5.74) is 1.40. The smallest absolute Gasteiger partial charge is 0.0870 e. The lowest BCUT2D eigenvalue weighted by Crippen LogP contribution is -2.50. The van der Waals surface area contributed by atoms with Crippen molar-refractivity contribution in [2.45, 2.75) is 44.1 Å². The van der Waals surface area contributed by atoms with E-state index in [0.29, 0.717) is 18.2 Å². The van der Waals surface area contributed by atoms with Crippen LogP contribution in [0.5, 0.6) is 0 Å². The minimum atomic E-state index is 0.371. The summed E-state index contributed by atoms with van der Waals surface area (Å²) in [4.78, 5) is 5.18. The fraction of sp³-hybridized carbons (Fsp3) is 0.684. The molecule has 0 radical (unpaired) electrons. The maximum absolute atomic E-state index is 6.07. The second kappa shape index (κ2) is 7.31. The first kappa shape index (κ1) is 15.6. The molecule has 3 heterocycles. The molecular weight excluding hydrogens is 288 g/mol. The Kier molecular flexibility index (Phi) is 4.95. The normalized spacial score (nSPS) is 32.8. The summed E-state index contributed by atoms with van der Waals surface area (Å²) < 4.78 is 12.0. The van der Waals surface area contributed by atoms with E-state index in [1.807, 2.05) is 0 Å². The molecule has 3 fully saturated rings. The van der Waals surface area contributed by atoms with Gasteiger partial charge in [0.05, 0.1) is 24.9 Å². The maximum atomic E-state index is 6.07. The molecule has 4 nitrogen and oxygen atoms in total. The molecule has 3 aliphatic rings. The highest BCUT2D eigenvalue weighted by Crippen LogP contribution is 2.26. The van der Waals surface area contributed by atoms with E-state index >= 15 is 0 Å². The lowest BCUT2D eigenvalue weighted by molar-refractivity contribution is -0.0508. The molecule has 0 aliphatic carbocycles. The van der Waals surface area contributed by atoms with Crippen LogP contribution in [0, 0.1) is 0 Å². The van der Waals surface area contributed by atoms with Crippen molar-refractivity contribution in [1.82, 2.24) is 9.80 Å². The molecule has 3 atom stereocenters. The van der Waals surface area contributed by atoms with Crippen LogP contribution in [0.4, 0.5) is 0 Å². The first-order chi connectivity index (χ1) is 11.4. The van der Waals surface area contributed by atoms with Crippen molar-refractivity contribution < 1.29 is 9.47 Å². The van der Waals surface area contributed by atoms with Gasteiger partial charge < -0.3 is 9.47 Å². The van der Waals surface area contributed by atoms with Gasteiger partial charge in [0.1, 0.15) is 0 Å². The molecule has 1 aromatic carbocycles. The number of ether oxygens (including phenoxy) is 2. The molecule has 4 rings (SSSR count). The van der Waals surface area contributed by atoms with Crippen LogP contribution in [0.2, 0.25) is 0 Å². The summed E-state index contributed by atoms with van der Waals surface area (Å²) in [7, 11) is 0. The summed E-state index contributed by atoms with van der Waals surface area (Å²) in [6.45, 7) is 7.16. The van der Waals surface area contributed by atoms with Crippen molar-refractivity contribution in [3.63, 3.8) is 0 Å². The number of benzene rings is 1. The van der Waals surface area contributed by atoms with E-state index in [1.165, 1.54) is 24.8 Å². The van der Waals surface area contributed by atoms with E-state index in [0.717, 1.165) is 45.9 Å². The molecule has 3 saturated heterocycles. The molecule has 0 amide bonds. The second-order valence-electron chi connectivity index (χ2n) is 7.14. The fourth-order valence-corrected chi connectivity index (χ4v) is 4.24. The van der Waals surface area contributed by atoms with Crippen molar-refractivity contribution in [2.24, 2.45) is 0 Å².